The van der Waals surface area contributed by atoms with Crippen molar-refractivity contribution in [2.45, 2.75) is 84.3 Å². The summed E-state index contributed by atoms with van der Waals surface area (Å²) >= 11 is 0. The normalized spacial score (nSPS) is 11.2. The van der Waals surface area contributed by atoms with Gasteiger partial charge in [0, 0.05) is 6.54 Å². The summed E-state index contributed by atoms with van der Waals surface area (Å²) in [5.41, 5.74) is 0.566. The number of rotatable bonds is 15. The van der Waals surface area contributed by atoms with Crippen LogP contribution in [-0.2, 0) is 20.9 Å². The van der Waals surface area contributed by atoms with Crippen molar-refractivity contribution in [1.82, 2.24) is 10.6 Å². The summed E-state index contributed by atoms with van der Waals surface area (Å²) in [5, 5.41) is 5.94. The van der Waals surface area contributed by atoms with Crippen molar-refractivity contribution < 1.29 is 19.1 Å². The molecule has 0 aliphatic heterocycles. The number of esters is 1. The predicted octanol–water partition coefficient (Wildman–Crippen LogP) is 4.96. The van der Waals surface area contributed by atoms with Gasteiger partial charge in [0.25, 0.3) is 0 Å². The second-order valence-electron chi connectivity index (χ2n) is 8.58. The molecule has 0 bridgehead atoms. The molecule has 0 atom stereocenters. The minimum absolute atomic E-state index is 0.208. The van der Waals surface area contributed by atoms with Crippen LogP contribution in [0.5, 0.6) is 0 Å². The topological polar surface area (TPSA) is 76.7 Å². The molecule has 1 rings (SSSR count). The number of unbranched alkanes of at least 4 members (excludes halogenated alkanes) is 7. The third-order valence-corrected chi connectivity index (χ3v) is 4.46. The zero-order valence-corrected chi connectivity index (χ0v) is 19.0. The lowest BCUT2D eigenvalue weighted by atomic mass is 10.1. The molecule has 0 fully saturated rings. The number of hydrogen-bond acceptors (Lipinski definition) is 5. The van der Waals surface area contributed by atoms with Crippen LogP contribution < -0.4 is 10.6 Å². The summed E-state index contributed by atoms with van der Waals surface area (Å²) < 4.78 is 10.4. The van der Waals surface area contributed by atoms with E-state index in [1.54, 1.807) is 0 Å². The second-order valence-corrected chi connectivity index (χ2v) is 8.58. The Balaban J connectivity index is 1.81. The molecule has 2 N–H and O–H groups in total. The summed E-state index contributed by atoms with van der Waals surface area (Å²) in [5.74, 6) is -0.208. The average Bonchev–Trinajstić information content (AvgIpc) is 2.69. The number of alkyl carbamates (subject to hydrolysis) is 1. The SMILES string of the molecule is CC(C)(C)OC(=O)NCCCCCCCCCCNCC(=O)OCc1ccccc1. The van der Waals surface area contributed by atoms with Crippen LogP contribution in [0.3, 0.4) is 0 Å². The molecular weight excluding hydrogens is 380 g/mol. The zero-order chi connectivity index (χ0) is 22.1. The molecule has 6 heteroatoms. The van der Waals surface area contributed by atoms with Crippen LogP contribution in [0.4, 0.5) is 4.79 Å². The maximum Gasteiger partial charge on any atom is 0.407 e. The van der Waals surface area contributed by atoms with Crippen molar-refractivity contribution in [3.05, 3.63) is 35.9 Å². The molecule has 1 aromatic carbocycles. The third kappa shape index (κ3) is 15.8. The third-order valence-electron chi connectivity index (χ3n) is 4.46. The summed E-state index contributed by atoms with van der Waals surface area (Å²) in [6.45, 7) is 7.71. The fourth-order valence-corrected chi connectivity index (χ4v) is 2.92. The van der Waals surface area contributed by atoms with Crippen molar-refractivity contribution in [3.63, 3.8) is 0 Å². The molecule has 0 saturated heterocycles. The lowest BCUT2D eigenvalue weighted by Gasteiger charge is -2.19. The highest BCUT2D eigenvalue weighted by Gasteiger charge is 2.15. The minimum atomic E-state index is -0.439. The van der Waals surface area contributed by atoms with E-state index in [0.717, 1.165) is 31.4 Å². The maximum absolute atomic E-state index is 11.7. The van der Waals surface area contributed by atoms with E-state index in [1.165, 1.54) is 32.1 Å². The molecule has 0 unspecified atom stereocenters. The molecule has 0 aromatic heterocycles. The number of hydrogen-bond donors (Lipinski definition) is 2. The van der Waals surface area contributed by atoms with Gasteiger partial charge in [-0.15, -0.1) is 0 Å². The van der Waals surface area contributed by atoms with Crippen LogP contribution in [0.25, 0.3) is 0 Å². The summed E-state index contributed by atoms with van der Waals surface area (Å²) in [4.78, 5) is 23.2. The molecule has 0 radical (unpaired) electrons. The monoisotopic (exact) mass is 420 g/mol. The zero-order valence-electron chi connectivity index (χ0n) is 19.0. The Bertz CT molecular complexity index is 585. The molecule has 30 heavy (non-hydrogen) atoms. The van der Waals surface area contributed by atoms with E-state index < -0.39 is 5.60 Å². The maximum atomic E-state index is 11.7. The van der Waals surface area contributed by atoms with Crippen molar-refractivity contribution in [2.24, 2.45) is 0 Å². The van der Waals surface area contributed by atoms with Crippen molar-refractivity contribution in [2.75, 3.05) is 19.6 Å². The fourth-order valence-electron chi connectivity index (χ4n) is 2.92. The average molecular weight is 421 g/mol. The second kappa shape index (κ2) is 15.7. The molecule has 0 heterocycles. The Morgan fingerprint density at radius 1 is 0.833 bits per heavy atom. The molecule has 0 aliphatic rings. The lowest BCUT2D eigenvalue weighted by molar-refractivity contribution is -0.143. The van der Waals surface area contributed by atoms with Gasteiger partial charge in [-0.3, -0.25) is 4.79 Å². The number of ether oxygens (including phenoxy) is 2. The number of benzene rings is 1. The highest BCUT2D eigenvalue weighted by molar-refractivity contribution is 5.71. The van der Waals surface area contributed by atoms with Gasteiger partial charge in [-0.05, 0) is 45.7 Å². The number of nitrogens with one attached hydrogen (secondary N) is 2. The largest absolute Gasteiger partial charge is 0.460 e. The van der Waals surface area contributed by atoms with Crippen LogP contribution in [0.1, 0.15) is 77.7 Å². The van der Waals surface area contributed by atoms with Gasteiger partial charge in [0.1, 0.15) is 12.2 Å². The van der Waals surface area contributed by atoms with Crippen LogP contribution in [0, 0.1) is 0 Å². The van der Waals surface area contributed by atoms with Gasteiger partial charge in [0.2, 0.25) is 0 Å². The minimum Gasteiger partial charge on any atom is -0.460 e. The van der Waals surface area contributed by atoms with Crippen molar-refractivity contribution >= 4 is 12.1 Å². The predicted molar refractivity (Wildman–Crippen MR) is 120 cm³/mol. The van der Waals surface area contributed by atoms with Gasteiger partial charge in [-0.25, -0.2) is 4.79 Å². The molecular formula is C24H40N2O4. The smallest absolute Gasteiger partial charge is 0.407 e. The van der Waals surface area contributed by atoms with E-state index in [2.05, 4.69) is 10.6 Å². The molecule has 170 valence electrons. The highest BCUT2D eigenvalue weighted by atomic mass is 16.6. The molecule has 1 aromatic rings. The van der Waals surface area contributed by atoms with Gasteiger partial charge in [0.05, 0.1) is 6.54 Å². The molecule has 0 spiro atoms. The van der Waals surface area contributed by atoms with Crippen molar-refractivity contribution in [1.29, 1.82) is 0 Å². The van der Waals surface area contributed by atoms with Crippen LogP contribution in [0.15, 0.2) is 30.3 Å². The number of carbonyl (C=O) groups excluding carboxylic acids is 2. The Morgan fingerprint density at radius 2 is 1.40 bits per heavy atom. The first-order valence-electron chi connectivity index (χ1n) is 11.2. The first-order chi connectivity index (χ1) is 14.4. The Hall–Kier alpha value is -2.08. The summed E-state index contributed by atoms with van der Waals surface area (Å²) in [6.07, 6.45) is 8.91. The van der Waals surface area contributed by atoms with Crippen LogP contribution in [-0.4, -0.2) is 37.3 Å². The van der Waals surface area contributed by atoms with E-state index in [0.29, 0.717) is 13.2 Å². The fraction of sp³-hybridized carbons (Fsp3) is 0.667. The standard InChI is InChI=1S/C24H40N2O4/c1-24(2,3)30-23(28)26-18-14-9-7-5-4-6-8-13-17-25-19-22(27)29-20-21-15-11-10-12-16-21/h10-12,15-16,25H,4-9,13-14,17-20H2,1-3H3,(H,26,28). The van der Waals surface area contributed by atoms with E-state index in [9.17, 15) is 9.59 Å². The molecule has 0 aliphatic carbocycles. The van der Waals surface area contributed by atoms with Crippen LogP contribution in [0.2, 0.25) is 0 Å². The van der Waals surface area contributed by atoms with Gasteiger partial charge < -0.3 is 20.1 Å². The molecule has 1 amide bonds. The van der Waals surface area contributed by atoms with Gasteiger partial charge in [-0.2, -0.15) is 0 Å². The Morgan fingerprint density at radius 3 is 2.00 bits per heavy atom. The van der Waals surface area contributed by atoms with E-state index in [-0.39, 0.29) is 18.6 Å². The Kier molecular flexibility index (Phi) is 13.6. The van der Waals surface area contributed by atoms with E-state index in [1.807, 2.05) is 51.1 Å². The first kappa shape index (κ1) is 26.0. The summed E-state index contributed by atoms with van der Waals surface area (Å²) in [6, 6.07) is 9.71. The van der Waals surface area contributed by atoms with Crippen molar-refractivity contribution in [3.8, 4) is 0 Å². The van der Waals surface area contributed by atoms with Gasteiger partial charge >= 0.3 is 12.1 Å². The molecule has 0 saturated carbocycles. The van der Waals surface area contributed by atoms with E-state index >= 15 is 0 Å². The first-order valence-corrected chi connectivity index (χ1v) is 11.2. The molecule has 6 nitrogen and oxygen atoms in total. The van der Waals surface area contributed by atoms with E-state index in [4.69, 9.17) is 9.47 Å². The highest BCUT2D eigenvalue weighted by Crippen LogP contribution is 2.09. The lowest BCUT2D eigenvalue weighted by Crippen LogP contribution is -2.32. The summed E-state index contributed by atoms with van der Waals surface area (Å²) in [7, 11) is 0. The number of amides is 1. The quantitative estimate of drug-likeness (QED) is 0.310. The van der Waals surface area contributed by atoms with Gasteiger partial charge in [-0.1, -0.05) is 68.9 Å². The van der Waals surface area contributed by atoms with Crippen LogP contribution >= 0.6 is 0 Å². The van der Waals surface area contributed by atoms with Gasteiger partial charge in [0.15, 0.2) is 0 Å². The Labute approximate surface area is 182 Å². The number of carbonyl (C=O) groups is 2.